The van der Waals surface area contributed by atoms with Crippen molar-refractivity contribution in [3.8, 4) is 0 Å². The molecule has 0 saturated carbocycles. The Kier molecular flexibility index (Phi) is 7.01. The van der Waals surface area contributed by atoms with E-state index in [-0.39, 0.29) is 17.3 Å². The largest absolute Gasteiger partial charge is 0.433 e. The minimum absolute atomic E-state index is 0.0815. The first-order chi connectivity index (χ1) is 13.4. The molecular weight excluding hydrogens is 409 g/mol. The SMILES string of the molecule is CC(C)n1ccc(S(N)=O)n1.Cc1c(C(F)(F)F)nc2c(c1NC(N)=O)CCC2. The van der Waals surface area contributed by atoms with Crippen LogP contribution in [0.4, 0.5) is 23.7 Å². The highest BCUT2D eigenvalue weighted by molar-refractivity contribution is 7.82. The molecule has 8 nitrogen and oxygen atoms in total. The molecule has 2 amide bonds. The van der Waals surface area contributed by atoms with Gasteiger partial charge in [0.1, 0.15) is 16.7 Å². The normalized spacial score (nSPS) is 14.2. The number of hydrogen-bond donors (Lipinski definition) is 3. The third-order valence-corrected chi connectivity index (χ3v) is 4.93. The summed E-state index contributed by atoms with van der Waals surface area (Å²) in [7, 11) is -1.46. The lowest BCUT2D eigenvalue weighted by Crippen LogP contribution is -2.23. The van der Waals surface area contributed by atoms with Crippen LogP contribution in [0, 0.1) is 6.92 Å². The third-order valence-electron chi connectivity index (χ3n) is 4.30. The van der Waals surface area contributed by atoms with Gasteiger partial charge in [-0.1, -0.05) is 0 Å². The predicted octanol–water partition coefficient (Wildman–Crippen LogP) is 2.83. The average molecular weight is 432 g/mol. The maximum Gasteiger partial charge on any atom is 0.433 e. The number of urea groups is 1. The van der Waals surface area contributed by atoms with Crippen LogP contribution in [0.2, 0.25) is 0 Å². The van der Waals surface area contributed by atoms with E-state index < -0.39 is 28.9 Å². The Morgan fingerprint density at radius 1 is 1.34 bits per heavy atom. The quantitative estimate of drug-likeness (QED) is 0.689. The van der Waals surface area contributed by atoms with Crippen molar-refractivity contribution in [1.29, 1.82) is 0 Å². The average Bonchev–Trinajstić information content (AvgIpc) is 3.25. The van der Waals surface area contributed by atoms with Gasteiger partial charge < -0.3 is 11.1 Å². The summed E-state index contributed by atoms with van der Waals surface area (Å²) in [4.78, 5) is 14.6. The van der Waals surface area contributed by atoms with Crippen molar-refractivity contribution in [2.45, 2.75) is 57.3 Å². The van der Waals surface area contributed by atoms with Crippen molar-refractivity contribution in [2.24, 2.45) is 10.9 Å². The van der Waals surface area contributed by atoms with Gasteiger partial charge in [-0.15, -0.1) is 0 Å². The topological polar surface area (TPSA) is 129 Å². The van der Waals surface area contributed by atoms with E-state index in [9.17, 15) is 22.2 Å². The van der Waals surface area contributed by atoms with E-state index in [4.69, 9.17) is 10.9 Å². The van der Waals surface area contributed by atoms with E-state index in [1.165, 1.54) is 6.92 Å². The van der Waals surface area contributed by atoms with Gasteiger partial charge in [-0.3, -0.25) is 4.68 Å². The first-order valence-corrected chi connectivity index (χ1v) is 10.0. The van der Waals surface area contributed by atoms with Crippen LogP contribution in [0.5, 0.6) is 0 Å². The fraction of sp³-hybridized carbons (Fsp3) is 0.471. The van der Waals surface area contributed by atoms with Gasteiger partial charge >= 0.3 is 12.2 Å². The summed E-state index contributed by atoms with van der Waals surface area (Å²) in [5.41, 5.74) is 5.19. The van der Waals surface area contributed by atoms with E-state index >= 15 is 0 Å². The maximum atomic E-state index is 12.8. The first-order valence-electron chi connectivity index (χ1n) is 8.79. The van der Waals surface area contributed by atoms with Gasteiger partial charge in [-0.25, -0.2) is 19.1 Å². The Bertz CT molecular complexity index is 927. The van der Waals surface area contributed by atoms with Crippen LogP contribution in [0.15, 0.2) is 17.3 Å². The van der Waals surface area contributed by atoms with E-state index in [0.29, 0.717) is 29.1 Å². The minimum atomic E-state index is -4.53. The van der Waals surface area contributed by atoms with Crippen molar-refractivity contribution in [2.75, 3.05) is 5.32 Å². The number of fused-ring (bicyclic) bond motifs is 1. The molecule has 160 valence electrons. The van der Waals surface area contributed by atoms with Crippen LogP contribution >= 0.6 is 0 Å². The van der Waals surface area contributed by atoms with Crippen molar-refractivity contribution >= 4 is 22.7 Å². The number of alkyl halides is 3. The van der Waals surface area contributed by atoms with Crippen LogP contribution in [-0.2, 0) is 30.0 Å². The second-order valence-corrected chi connectivity index (χ2v) is 7.76. The van der Waals surface area contributed by atoms with Crippen LogP contribution in [-0.4, -0.2) is 25.0 Å². The van der Waals surface area contributed by atoms with Crippen molar-refractivity contribution in [3.05, 3.63) is 34.8 Å². The summed E-state index contributed by atoms with van der Waals surface area (Å²) < 4.78 is 50.9. The molecule has 0 spiro atoms. The number of carbonyl (C=O) groups is 1. The fourth-order valence-corrected chi connectivity index (χ4v) is 3.34. The zero-order valence-electron chi connectivity index (χ0n) is 16.2. The number of primary amides is 1. The zero-order chi connectivity index (χ0) is 21.9. The molecule has 3 rings (SSSR count). The van der Waals surface area contributed by atoms with E-state index in [1.807, 2.05) is 13.8 Å². The molecule has 2 aromatic rings. The number of aryl methyl sites for hydroxylation is 1. The second-order valence-electron chi connectivity index (χ2n) is 6.75. The predicted molar refractivity (Wildman–Crippen MR) is 102 cm³/mol. The molecular formula is C17H23F3N6O2S. The highest BCUT2D eigenvalue weighted by atomic mass is 32.2. The number of anilines is 1. The number of nitrogens with one attached hydrogen (secondary N) is 1. The van der Waals surface area contributed by atoms with Gasteiger partial charge in [0.15, 0.2) is 5.03 Å². The number of nitrogens with zero attached hydrogens (tertiary/aromatic N) is 3. The van der Waals surface area contributed by atoms with Gasteiger partial charge in [0.2, 0.25) is 0 Å². The third kappa shape index (κ3) is 5.54. The molecule has 0 aromatic carbocycles. The molecule has 2 aromatic heterocycles. The number of pyridine rings is 1. The molecule has 1 aliphatic rings. The number of hydrogen-bond acceptors (Lipinski definition) is 4. The summed E-state index contributed by atoms with van der Waals surface area (Å²) >= 11 is 0. The molecule has 0 bridgehead atoms. The second kappa shape index (κ2) is 8.91. The summed E-state index contributed by atoms with van der Waals surface area (Å²) in [6.07, 6.45) is -0.930. The molecule has 0 saturated heterocycles. The highest BCUT2D eigenvalue weighted by Gasteiger charge is 2.37. The molecule has 1 aliphatic carbocycles. The number of nitrogens with two attached hydrogens (primary N) is 2. The van der Waals surface area contributed by atoms with Crippen LogP contribution in [0.3, 0.4) is 0 Å². The van der Waals surface area contributed by atoms with Gasteiger partial charge in [0.05, 0.1) is 5.69 Å². The number of halogens is 3. The van der Waals surface area contributed by atoms with Crippen LogP contribution < -0.4 is 16.2 Å². The van der Waals surface area contributed by atoms with Gasteiger partial charge in [0.25, 0.3) is 0 Å². The molecule has 0 radical (unpaired) electrons. The molecule has 0 aliphatic heterocycles. The summed E-state index contributed by atoms with van der Waals surface area (Å²) in [6.45, 7) is 5.28. The summed E-state index contributed by atoms with van der Waals surface area (Å²) in [5, 5.41) is 11.8. The molecule has 29 heavy (non-hydrogen) atoms. The first kappa shape index (κ1) is 22.8. The zero-order valence-corrected chi connectivity index (χ0v) is 17.0. The van der Waals surface area contributed by atoms with Gasteiger partial charge in [-0.2, -0.15) is 18.3 Å². The van der Waals surface area contributed by atoms with Crippen molar-refractivity contribution < 1.29 is 22.2 Å². The van der Waals surface area contributed by atoms with Gasteiger partial charge in [-0.05, 0) is 51.7 Å². The monoisotopic (exact) mass is 432 g/mol. The molecule has 1 unspecified atom stereocenters. The Morgan fingerprint density at radius 3 is 2.45 bits per heavy atom. The molecule has 1 atom stereocenters. The van der Waals surface area contributed by atoms with Crippen molar-refractivity contribution in [3.63, 3.8) is 0 Å². The smallest absolute Gasteiger partial charge is 0.351 e. The number of rotatable bonds is 3. The minimum Gasteiger partial charge on any atom is -0.351 e. The van der Waals surface area contributed by atoms with Crippen LogP contribution in [0.1, 0.15) is 48.8 Å². The summed E-state index contributed by atoms with van der Waals surface area (Å²) in [5.74, 6) is 0. The fourth-order valence-electron chi connectivity index (χ4n) is 2.97. The van der Waals surface area contributed by atoms with E-state index in [1.54, 1.807) is 16.9 Å². The molecule has 2 heterocycles. The lowest BCUT2D eigenvalue weighted by atomic mass is 10.1. The maximum absolute atomic E-state index is 12.8. The lowest BCUT2D eigenvalue weighted by Gasteiger charge is -2.17. The lowest BCUT2D eigenvalue weighted by molar-refractivity contribution is -0.141. The Labute approximate surface area is 168 Å². The Balaban J connectivity index is 0.000000234. The molecule has 0 fully saturated rings. The Hall–Kier alpha value is -2.47. The summed E-state index contributed by atoms with van der Waals surface area (Å²) in [6, 6.07) is 1.08. The standard InChI is InChI=1S/C11H12F3N3O.C6H11N3OS/c1-5-8(17-10(15)18)6-3-2-4-7(6)16-9(5)11(12,13)14;1-5(2)9-4-3-6(8-9)11(7)10/h2-4H2,1H3,(H3,15,16,17,18);3-5H,7H2,1-2H3. The molecule has 5 N–H and O–H groups in total. The van der Waals surface area contributed by atoms with E-state index in [0.717, 1.165) is 6.42 Å². The van der Waals surface area contributed by atoms with Gasteiger partial charge in [0, 0.05) is 23.5 Å². The molecule has 12 heteroatoms. The number of carbonyl (C=O) groups excluding carboxylic acids is 1. The number of aromatic nitrogens is 3. The van der Waals surface area contributed by atoms with Crippen LogP contribution in [0.25, 0.3) is 0 Å². The highest BCUT2D eigenvalue weighted by Crippen LogP contribution is 2.38. The Morgan fingerprint density at radius 2 is 2.00 bits per heavy atom. The number of amides is 2. The van der Waals surface area contributed by atoms with E-state index in [2.05, 4.69) is 15.4 Å². The van der Waals surface area contributed by atoms with Crippen molar-refractivity contribution in [1.82, 2.24) is 14.8 Å².